The largest absolute Gasteiger partial charge is 0.501 e. The Kier molecular flexibility index (Phi) is 8.16. The van der Waals surface area contributed by atoms with Crippen LogP contribution < -0.4 is 5.32 Å². The van der Waals surface area contributed by atoms with E-state index in [4.69, 9.17) is 4.74 Å². The highest BCUT2D eigenvalue weighted by Crippen LogP contribution is 2.20. The maximum atomic E-state index is 5.42. The Morgan fingerprint density at radius 3 is 2.65 bits per heavy atom. The average Bonchev–Trinajstić information content (AvgIpc) is 2.39. The highest BCUT2D eigenvalue weighted by atomic mass is 16.5. The van der Waals surface area contributed by atoms with Gasteiger partial charge in [0.1, 0.15) is 0 Å². The number of rotatable bonds is 9. The molecule has 0 aromatic rings. The third kappa shape index (κ3) is 6.11. The predicted octanol–water partition coefficient (Wildman–Crippen LogP) is 4.02. The molecule has 0 aromatic carbocycles. The van der Waals surface area contributed by atoms with E-state index in [1.54, 1.807) is 0 Å². The zero-order valence-corrected chi connectivity index (χ0v) is 11.6. The lowest BCUT2D eigenvalue weighted by Gasteiger charge is -2.22. The molecule has 0 saturated heterocycles. The van der Waals surface area contributed by atoms with Crippen LogP contribution in [-0.4, -0.2) is 19.7 Å². The molecule has 1 heterocycles. The quantitative estimate of drug-likeness (QED) is 0.614. The van der Waals surface area contributed by atoms with Gasteiger partial charge in [-0.25, -0.2) is 0 Å². The number of ether oxygens (including phenoxy) is 1. The normalized spacial score (nSPS) is 17.4. The van der Waals surface area contributed by atoms with Crippen molar-refractivity contribution in [2.75, 3.05) is 13.7 Å². The molecule has 1 aliphatic rings. The first kappa shape index (κ1) is 14.6. The Balaban J connectivity index is 2.12. The van der Waals surface area contributed by atoms with E-state index in [-0.39, 0.29) is 0 Å². The van der Waals surface area contributed by atoms with Crippen LogP contribution in [0.15, 0.2) is 11.8 Å². The zero-order valence-electron chi connectivity index (χ0n) is 11.6. The van der Waals surface area contributed by atoms with Crippen LogP contribution in [0.3, 0.4) is 0 Å². The molecule has 1 aliphatic heterocycles. The minimum absolute atomic E-state index is 0.543. The van der Waals surface area contributed by atoms with E-state index in [0.29, 0.717) is 6.04 Å². The number of unbranched alkanes of at least 4 members (excludes halogenated alkanes) is 5. The third-order valence-corrected chi connectivity index (χ3v) is 3.60. The second kappa shape index (κ2) is 9.52. The summed E-state index contributed by atoms with van der Waals surface area (Å²) in [5.41, 5.74) is 1.47. The maximum Gasteiger partial charge on any atom is 0.0876 e. The molecule has 1 atom stereocenters. The molecule has 2 nitrogen and oxygen atoms in total. The average molecular weight is 239 g/mol. The first-order valence-electron chi connectivity index (χ1n) is 7.36. The number of nitrogens with one attached hydrogen (secondary N) is 1. The van der Waals surface area contributed by atoms with Gasteiger partial charge in [0, 0.05) is 6.04 Å². The number of hydrogen-bond acceptors (Lipinski definition) is 2. The van der Waals surface area contributed by atoms with E-state index in [9.17, 15) is 0 Å². The SMILES string of the molecule is CCCCCCCCC(NC)C1=COCCC1. The Morgan fingerprint density at radius 2 is 2.00 bits per heavy atom. The third-order valence-electron chi connectivity index (χ3n) is 3.60. The highest BCUT2D eigenvalue weighted by Gasteiger charge is 2.14. The summed E-state index contributed by atoms with van der Waals surface area (Å²) in [7, 11) is 2.07. The van der Waals surface area contributed by atoms with Gasteiger partial charge in [-0.05, 0) is 31.9 Å². The van der Waals surface area contributed by atoms with Gasteiger partial charge in [0.15, 0.2) is 0 Å². The summed E-state index contributed by atoms with van der Waals surface area (Å²) in [6.07, 6.45) is 13.9. The van der Waals surface area contributed by atoms with E-state index in [0.717, 1.165) is 6.61 Å². The van der Waals surface area contributed by atoms with Gasteiger partial charge >= 0.3 is 0 Å². The lowest BCUT2D eigenvalue weighted by molar-refractivity contribution is 0.219. The first-order valence-corrected chi connectivity index (χ1v) is 7.36. The smallest absolute Gasteiger partial charge is 0.0876 e. The summed E-state index contributed by atoms with van der Waals surface area (Å²) in [4.78, 5) is 0. The molecule has 0 aromatic heterocycles. The van der Waals surface area contributed by atoms with Crippen molar-refractivity contribution in [2.45, 2.75) is 70.8 Å². The van der Waals surface area contributed by atoms with Crippen LogP contribution >= 0.6 is 0 Å². The fourth-order valence-electron chi connectivity index (χ4n) is 2.48. The monoisotopic (exact) mass is 239 g/mol. The molecular formula is C15H29NO. The van der Waals surface area contributed by atoms with Crippen molar-refractivity contribution in [2.24, 2.45) is 0 Å². The van der Waals surface area contributed by atoms with E-state index in [1.807, 2.05) is 6.26 Å². The molecule has 1 N–H and O–H groups in total. The molecule has 100 valence electrons. The van der Waals surface area contributed by atoms with Crippen LogP contribution in [0.5, 0.6) is 0 Å². The van der Waals surface area contributed by atoms with Gasteiger partial charge in [-0.2, -0.15) is 0 Å². The standard InChI is InChI=1S/C15H29NO/c1-3-4-5-6-7-8-11-15(16-2)14-10-9-12-17-13-14/h13,15-16H,3-12H2,1-2H3. The molecule has 1 unspecified atom stereocenters. The van der Waals surface area contributed by atoms with Crippen molar-refractivity contribution in [3.05, 3.63) is 11.8 Å². The van der Waals surface area contributed by atoms with E-state index in [1.165, 1.54) is 63.4 Å². The zero-order chi connectivity index (χ0) is 12.3. The summed E-state index contributed by atoms with van der Waals surface area (Å²) in [5, 5.41) is 3.43. The fourth-order valence-corrected chi connectivity index (χ4v) is 2.48. The van der Waals surface area contributed by atoms with Crippen molar-refractivity contribution < 1.29 is 4.74 Å². The second-order valence-electron chi connectivity index (χ2n) is 5.06. The first-order chi connectivity index (χ1) is 8.38. The summed E-state index contributed by atoms with van der Waals surface area (Å²) in [6, 6.07) is 0.543. The number of hydrogen-bond donors (Lipinski definition) is 1. The topological polar surface area (TPSA) is 21.3 Å². The molecule has 2 heteroatoms. The maximum absolute atomic E-state index is 5.42. The molecule has 0 bridgehead atoms. The Bertz CT molecular complexity index is 213. The molecule has 0 saturated carbocycles. The molecule has 0 fully saturated rings. The van der Waals surface area contributed by atoms with Gasteiger partial charge in [0.25, 0.3) is 0 Å². The van der Waals surface area contributed by atoms with E-state index < -0.39 is 0 Å². The number of likely N-dealkylation sites (N-methyl/N-ethyl adjacent to an activating group) is 1. The minimum atomic E-state index is 0.543. The lowest BCUT2D eigenvalue weighted by atomic mass is 9.96. The van der Waals surface area contributed by atoms with E-state index in [2.05, 4.69) is 19.3 Å². The van der Waals surface area contributed by atoms with Crippen molar-refractivity contribution in [1.82, 2.24) is 5.32 Å². The molecule has 0 amide bonds. The van der Waals surface area contributed by atoms with Gasteiger partial charge in [0.05, 0.1) is 12.9 Å². The molecule has 17 heavy (non-hydrogen) atoms. The van der Waals surface area contributed by atoms with Gasteiger partial charge in [-0.3, -0.25) is 0 Å². The molecule has 1 rings (SSSR count). The second-order valence-corrected chi connectivity index (χ2v) is 5.06. The molecule has 0 spiro atoms. The fraction of sp³-hybridized carbons (Fsp3) is 0.867. The Hall–Kier alpha value is -0.500. The van der Waals surface area contributed by atoms with Gasteiger partial charge in [0.2, 0.25) is 0 Å². The summed E-state index contributed by atoms with van der Waals surface area (Å²) in [5.74, 6) is 0. The molecular weight excluding hydrogens is 210 g/mol. The van der Waals surface area contributed by atoms with Crippen LogP contribution in [0.25, 0.3) is 0 Å². The highest BCUT2D eigenvalue weighted by molar-refractivity contribution is 5.09. The van der Waals surface area contributed by atoms with Crippen LogP contribution in [0, 0.1) is 0 Å². The van der Waals surface area contributed by atoms with Crippen molar-refractivity contribution in [3.8, 4) is 0 Å². The van der Waals surface area contributed by atoms with Crippen molar-refractivity contribution in [1.29, 1.82) is 0 Å². The summed E-state index contributed by atoms with van der Waals surface area (Å²) >= 11 is 0. The molecule has 0 aliphatic carbocycles. The summed E-state index contributed by atoms with van der Waals surface area (Å²) in [6.45, 7) is 3.17. The Morgan fingerprint density at radius 1 is 1.24 bits per heavy atom. The van der Waals surface area contributed by atoms with Crippen LogP contribution in [0.4, 0.5) is 0 Å². The lowest BCUT2D eigenvalue weighted by Crippen LogP contribution is -2.28. The minimum Gasteiger partial charge on any atom is -0.501 e. The predicted molar refractivity (Wildman–Crippen MR) is 74.1 cm³/mol. The van der Waals surface area contributed by atoms with Crippen LogP contribution in [0.1, 0.15) is 64.7 Å². The van der Waals surface area contributed by atoms with Crippen LogP contribution in [0.2, 0.25) is 0 Å². The molecule has 0 radical (unpaired) electrons. The van der Waals surface area contributed by atoms with E-state index >= 15 is 0 Å². The van der Waals surface area contributed by atoms with Crippen molar-refractivity contribution in [3.63, 3.8) is 0 Å². The van der Waals surface area contributed by atoms with Gasteiger partial charge in [-0.1, -0.05) is 45.4 Å². The van der Waals surface area contributed by atoms with Crippen molar-refractivity contribution >= 4 is 0 Å². The Labute approximate surface area is 107 Å². The summed E-state index contributed by atoms with van der Waals surface area (Å²) < 4.78 is 5.42. The van der Waals surface area contributed by atoms with Gasteiger partial charge < -0.3 is 10.1 Å². The van der Waals surface area contributed by atoms with Crippen LogP contribution in [-0.2, 0) is 4.74 Å². The van der Waals surface area contributed by atoms with Gasteiger partial charge in [-0.15, -0.1) is 0 Å².